The normalized spacial score (nSPS) is 11.9. The van der Waals surface area contributed by atoms with Crippen LogP contribution in [0.25, 0.3) is 0 Å². The molecule has 5 nitrogen and oxygen atoms in total. The van der Waals surface area contributed by atoms with Crippen LogP contribution < -0.4 is 5.32 Å². The molecule has 2 aromatic rings. The number of methoxy groups -OCH3 is 1. The summed E-state index contributed by atoms with van der Waals surface area (Å²) < 4.78 is 4.72. The Morgan fingerprint density at radius 3 is 2.30 bits per heavy atom. The molecule has 0 aliphatic heterocycles. The number of amides is 1. The van der Waals surface area contributed by atoms with Crippen molar-refractivity contribution in [2.75, 3.05) is 26.7 Å². The first-order valence-electron chi connectivity index (χ1n) is 9.33. The van der Waals surface area contributed by atoms with E-state index >= 15 is 0 Å². The summed E-state index contributed by atoms with van der Waals surface area (Å²) in [5.41, 5.74) is 2.07. The van der Waals surface area contributed by atoms with Crippen LogP contribution in [0.5, 0.6) is 0 Å². The second kappa shape index (κ2) is 10.5. The number of hydrogen-bond donors (Lipinski definition) is 1. The van der Waals surface area contributed by atoms with Crippen molar-refractivity contribution in [2.45, 2.75) is 26.3 Å². The summed E-state index contributed by atoms with van der Waals surface area (Å²) in [7, 11) is 1.33. The Morgan fingerprint density at radius 2 is 1.67 bits per heavy atom. The summed E-state index contributed by atoms with van der Waals surface area (Å²) in [6.45, 7) is 6.63. The van der Waals surface area contributed by atoms with Crippen molar-refractivity contribution in [3.63, 3.8) is 0 Å². The van der Waals surface area contributed by atoms with Gasteiger partial charge in [-0.3, -0.25) is 9.69 Å². The molecule has 0 saturated carbocycles. The van der Waals surface area contributed by atoms with Crippen LogP contribution in [0, 0.1) is 0 Å². The summed E-state index contributed by atoms with van der Waals surface area (Å²) in [5.74, 6) is -0.638. The number of ether oxygens (including phenoxy) is 1. The average molecular weight is 368 g/mol. The fourth-order valence-electron chi connectivity index (χ4n) is 3.17. The summed E-state index contributed by atoms with van der Waals surface area (Å²) in [6, 6.07) is 17.1. The molecule has 1 amide bonds. The van der Waals surface area contributed by atoms with Gasteiger partial charge in [-0.25, -0.2) is 4.79 Å². The number of carbonyl (C=O) groups excluding carboxylic acids is 2. The van der Waals surface area contributed by atoms with Crippen molar-refractivity contribution in [2.24, 2.45) is 0 Å². The molecular formula is C22H28N2O3. The SMILES string of the molecule is CCN(CC)C(CNC(=O)c1cccc(C(=O)OC)c1)Cc1ccccc1. The van der Waals surface area contributed by atoms with E-state index < -0.39 is 5.97 Å². The number of rotatable bonds is 9. The molecule has 2 aromatic carbocycles. The highest BCUT2D eigenvalue weighted by Crippen LogP contribution is 2.10. The van der Waals surface area contributed by atoms with Gasteiger partial charge in [-0.15, -0.1) is 0 Å². The van der Waals surface area contributed by atoms with E-state index in [1.54, 1.807) is 24.3 Å². The summed E-state index contributed by atoms with van der Waals surface area (Å²) >= 11 is 0. The lowest BCUT2D eigenvalue weighted by atomic mass is 10.0. The highest BCUT2D eigenvalue weighted by molar-refractivity contribution is 5.97. The van der Waals surface area contributed by atoms with Crippen LogP contribution in [0.2, 0.25) is 0 Å². The molecule has 1 unspecified atom stereocenters. The molecule has 0 aliphatic rings. The third-order valence-electron chi connectivity index (χ3n) is 4.69. The first-order chi connectivity index (χ1) is 13.1. The Bertz CT molecular complexity index is 742. The molecule has 27 heavy (non-hydrogen) atoms. The van der Waals surface area contributed by atoms with Crippen LogP contribution in [-0.2, 0) is 11.2 Å². The minimum atomic E-state index is -0.449. The van der Waals surface area contributed by atoms with Crippen molar-refractivity contribution >= 4 is 11.9 Å². The van der Waals surface area contributed by atoms with Gasteiger partial charge < -0.3 is 10.1 Å². The average Bonchev–Trinajstić information content (AvgIpc) is 2.72. The third kappa shape index (κ3) is 5.93. The van der Waals surface area contributed by atoms with Gasteiger partial charge in [-0.05, 0) is 43.3 Å². The van der Waals surface area contributed by atoms with Gasteiger partial charge in [-0.1, -0.05) is 50.2 Å². The minimum absolute atomic E-state index is 0.189. The van der Waals surface area contributed by atoms with Gasteiger partial charge in [0, 0.05) is 18.2 Å². The Balaban J connectivity index is 2.07. The summed E-state index contributed by atoms with van der Waals surface area (Å²) in [6.07, 6.45) is 0.866. The molecule has 0 fully saturated rings. The Labute approximate surface area is 161 Å². The van der Waals surface area contributed by atoms with Crippen LogP contribution in [0.1, 0.15) is 40.1 Å². The smallest absolute Gasteiger partial charge is 0.337 e. The second-order valence-corrected chi connectivity index (χ2v) is 6.35. The highest BCUT2D eigenvalue weighted by atomic mass is 16.5. The number of likely N-dealkylation sites (N-methyl/N-ethyl adjacent to an activating group) is 1. The number of nitrogens with one attached hydrogen (secondary N) is 1. The van der Waals surface area contributed by atoms with E-state index in [1.807, 2.05) is 18.2 Å². The summed E-state index contributed by atoms with van der Waals surface area (Å²) in [4.78, 5) is 26.6. The van der Waals surface area contributed by atoms with E-state index in [4.69, 9.17) is 4.74 Å². The van der Waals surface area contributed by atoms with Gasteiger partial charge in [-0.2, -0.15) is 0 Å². The topological polar surface area (TPSA) is 58.6 Å². The number of esters is 1. The molecule has 0 aliphatic carbocycles. The van der Waals surface area contributed by atoms with E-state index in [0.29, 0.717) is 17.7 Å². The predicted molar refractivity (Wildman–Crippen MR) is 107 cm³/mol. The molecule has 1 atom stereocenters. The maximum absolute atomic E-state index is 12.6. The van der Waals surface area contributed by atoms with Crippen LogP contribution in [0.15, 0.2) is 54.6 Å². The van der Waals surface area contributed by atoms with E-state index in [2.05, 4.69) is 36.2 Å². The molecule has 0 spiro atoms. The molecule has 0 aromatic heterocycles. The molecule has 144 valence electrons. The molecule has 1 N–H and O–H groups in total. The van der Waals surface area contributed by atoms with Crippen molar-refractivity contribution in [3.05, 3.63) is 71.3 Å². The Morgan fingerprint density at radius 1 is 1.00 bits per heavy atom. The zero-order valence-electron chi connectivity index (χ0n) is 16.3. The molecule has 0 bridgehead atoms. The zero-order chi connectivity index (χ0) is 19.6. The number of nitrogens with zero attached hydrogens (tertiary/aromatic N) is 1. The quantitative estimate of drug-likeness (QED) is 0.691. The first-order valence-corrected chi connectivity index (χ1v) is 9.33. The predicted octanol–water partition coefficient (Wildman–Crippen LogP) is 3.16. The van der Waals surface area contributed by atoms with Gasteiger partial charge in [0.25, 0.3) is 5.91 Å². The van der Waals surface area contributed by atoms with E-state index in [0.717, 1.165) is 19.5 Å². The molecule has 0 heterocycles. The summed E-state index contributed by atoms with van der Waals surface area (Å²) in [5, 5.41) is 3.02. The zero-order valence-corrected chi connectivity index (χ0v) is 16.3. The third-order valence-corrected chi connectivity index (χ3v) is 4.69. The molecule has 0 radical (unpaired) electrons. The second-order valence-electron chi connectivity index (χ2n) is 6.35. The lowest BCUT2D eigenvalue weighted by Gasteiger charge is -2.30. The van der Waals surface area contributed by atoms with Crippen molar-refractivity contribution in [1.82, 2.24) is 10.2 Å². The number of benzene rings is 2. The number of carbonyl (C=O) groups is 2. The fraction of sp³-hybridized carbons (Fsp3) is 0.364. The lowest BCUT2D eigenvalue weighted by molar-refractivity contribution is 0.0600. The monoisotopic (exact) mass is 368 g/mol. The van der Waals surface area contributed by atoms with Crippen LogP contribution in [0.4, 0.5) is 0 Å². The fourth-order valence-corrected chi connectivity index (χ4v) is 3.17. The molecule has 0 saturated heterocycles. The minimum Gasteiger partial charge on any atom is -0.465 e. The Kier molecular flexibility index (Phi) is 8.01. The van der Waals surface area contributed by atoms with E-state index in [-0.39, 0.29) is 11.9 Å². The van der Waals surface area contributed by atoms with E-state index in [1.165, 1.54) is 12.7 Å². The lowest BCUT2D eigenvalue weighted by Crippen LogP contribution is -2.45. The molecule has 2 rings (SSSR count). The highest BCUT2D eigenvalue weighted by Gasteiger charge is 2.18. The number of hydrogen-bond acceptors (Lipinski definition) is 4. The largest absolute Gasteiger partial charge is 0.465 e. The first kappa shape index (κ1) is 20.6. The van der Waals surface area contributed by atoms with Gasteiger partial charge in [0.2, 0.25) is 0 Å². The van der Waals surface area contributed by atoms with Gasteiger partial charge in [0.15, 0.2) is 0 Å². The van der Waals surface area contributed by atoms with Gasteiger partial charge >= 0.3 is 5.97 Å². The molecule has 5 heteroatoms. The van der Waals surface area contributed by atoms with Gasteiger partial charge in [0.05, 0.1) is 12.7 Å². The van der Waals surface area contributed by atoms with Crippen LogP contribution in [0.3, 0.4) is 0 Å². The van der Waals surface area contributed by atoms with Crippen LogP contribution >= 0.6 is 0 Å². The van der Waals surface area contributed by atoms with Crippen LogP contribution in [-0.4, -0.2) is 49.6 Å². The van der Waals surface area contributed by atoms with Crippen molar-refractivity contribution in [1.29, 1.82) is 0 Å². The standard InChI is InChI=1S/C22H28N2O3/c1-4-24(5-2)20(14-17-10-7-6-8-11-17)16-23-21(25)18-12-9-13-19(15-18)22(26)27-3/h6-13,15,20H,4-5,14,16H2,1-3H3,(H,23,25). The van der Waals surface area contributed by atoms with Gasteiger partial charge in [0.1, 0.15) is 0 Å². The molecular weight excluding hydrogens is 340 g/mol. The van der Waals surface area contributed by atoms with Crippen molar-refractivity contribution < 1.29 is 14.3 Å². The maximum atomic E-state index is 12.6. The van der Waals surface area contributed by atoms with Crippen molar-refractivity contribution in [3.8, 4) is 0 Å². The Hall–Kier alpha value is -2.66. The van der Waals surface area contributed by atoms with E-state index in [9.17, 15) is 9.59 Å². The maximum Gasteiger partial charge on any atom is 0.337 e.